The molecule has 6 heteroatoms. The summed E-state index contributed by atoms with van der Waals surface area (Å²) >= 11 is 5.55. The van der Waals surface area contributed by atoms with E-state index in [1.807, 2.05) is 20.8 Å². The zero-order valence-electron chi connectivity index (χ0n) is 11.7. The molecule has 1 rings (SSSR count). The minimum Gasteiger partial charge on any atom is -0.491 e. The summed E-state index contributed by atoms with van der Waals surface area (Å²) in [5.41, 5.74) is -0.762. The van der Waals surface area contributed by atoms with E-state index in [1.165, 1.54) is 12.1 Å². The van der Waals surface area contributed by atoms with Crippen LogP contribution in [0.2, 0.25) is 0 Å². The fourth-order valence-corrected chi connectivity index (χ4v) is 1.67. The zero-order chi connectivity index (χ0) is 15.4. The highest BCUT2D eigenvalue weighted by Gasteiger charge is 2.34. The lowest BCUT2D eigenvalue weighted by Gasteiger charge is -2.20. The van der Waals surface area contributed by atoms with Crippen LogP contribution in [0.3, 0.4) is 0 Å². The molecule has 114 valence electrons. The SMILES string of the molecule is CC(C)(C)OCCOc1ccc(CCl)cc1C(F)(F)F. The van der Waals surface area contributed by atoms with Crippen molar-refractivity contribution in [2.45, 2.75) is 38.4 Å². The number of hydrogen-bond donors (Lipinski definition) is 0. The van der Waals surface area contributed by atoms with Gasteiger partial charge in [-0.05, 0) is 38.5 Å². The summed E-state index contributed by atoms with van der Waals surface area (Å²) in [6.45, 7) is 5.87. The molecule has 0 radical (unpaired) electrons. The van der Waals surface area contributed by atoms with Crippen LogP contribution in [0.1, 0.15) is 31.9 Å². The molecule has 0 aliphatic heterocycles. The molecule has 0 unspecified atom stereocenters. The molecular weight excluding hydrogens is 293 g/mol. The van der Waals surface area contributed by atoms with E-state index < -0.39 is 11.7 Å². The lowest BCUT2D eigenvalue weighted by Crippen LogP contribution is -2.23. The quantitative estimate of drug-likeness (QED) is 0.583. The van der Waals surface area contributed by atoms with Crippen LogP contribution < -0.4 is 4.74 Å². The second-order valence-corrected chi connectivity index (χ2v) is 5.54. The van der Waals surface area contributed by atoms with Crippen molar-refractivity contribution in [3.63, 3.8) is 0 Å². The summed E-state index contributed by atoms with van der Waals surface area (Å²) in [6.07, 6.45) is -4.47. The Morgan fingerprint density at radius 2 is 1.75 bits per heavy atom. The molecule has 1 aromatic carbocycles. The third kappa shape index (κ3) is 5.59. The van der Waals surface area contributed by atoms with Gasteiger partial charge in [-0.2, -0.15) is 13.2 Å². The molecule has 0 aromatic heterocycles. The van der Waals surface area contributed by atoms with Gasteiger partial charge in [0, 0.05) is 5.88 Å². The third-order valence-corrected chi connectivity index (χ3v) is 2.69. The summed E-state index contributed by atoms with van der Waals surface area (Å²) in [5.74, 6) is -0.180. The standard InChI is InChI=1S/C14H18ClF3O2/c1-13(2,3)20-7-6-19-12-5-4-10(9-15)8-11(12)14(16,17)18/h4-5,8H,6-7,9H2,1-3H3. The van der Waals surface area contributed by atoms with E-state index in [0.29, 0.717) is 5.56 Å². The Hall–Kier alpha value is -0.940. The van der Waals surface area contributed by atoms with Crippen LogP contribution >= 0.6 is 11.6 Å². The highest BCUT2D eigenvalue weighted by atomic mass is 35.5. The van der Waals surface area contributed by atoms with Gasteiger partial charge in [-0.1, -0.05) is 6.07 Å². The van der Waals surface area contributed by atoms with E-state index in [4.69, 9.17) is 21.1 Å². The number of alkyl halides is 4. The van der Waals surface area contributed by atoms with Crippen LogP contribution in [-0.4, -0.2) is 18.8 Å². The number of hydrogen-bond acceptors (Lipinski definition) is 2. The summed E-state index contributed by atoms with van der Waals surface area (Å²) in [7, 11) is 0. The van der Waals surface area contributed by atoms with E-state index >= 15 is 0 Å². The second-order valence-electron chi connectivity index (χ2n) is 5.27. The topological polar surface area (TPSA) is 18.5 Å². The van der Waals surface area contributed by atoms with E-state index in [2.05, 4.69) is 0 Å². The maximum atomic E-state index is 12.9. The third-order valence-electron chi connectivity index (χ3n) is 2.38. The van der Waals surface area contributed by atoms with Gasteiger partial charge < -0.3 is 9.47 Å². The number of ether oxygens (including phenoxy) is 2. The smallest absolute Gasteiger partial charge is 0.419 e. The maximum absolute atomic E-state index is 12.9. The van der Waals surface area contributed by atoms with Crippen molar-refractivity contribution < 1.29 is 22.6 Å². The van der Waals surface area contributed by atoms with Crippen LogP contribution in [0.15, 0.2) is 18.2 Å². The minimum absolute atomic E-state index is 0.0243. The molecule has 0 aliphatic carbocycles. The van der Waals surface area contributed by atoms with Crippen molar-refractivity contribution in [2.75, 3.05) is 13.2 Å². The van der Waals surface area contributed by atoms with Crippen LogP contribution in [0.5, 0.6) is 5.75 Å². The summed E-state index contributed by atoms with van der Waals surface area (Å²) in [5, 5.41) is 0. The van der Waals surface area contributed by atoms with Gasteiger partial charge in [0.15, 0.2) is 0 Å². The Kier molecular flexibility index (Phi) is 5.71. The van der Waals surface area contributed by atoms with Crippen molar-refractivity contribution in [1.29, 1.82) is 0 Å². The predicted octanol–water partition coefficient (Wildman–Crippen LogP) is 4.64. The first-order valence-electron chi connectivity index (χ1n) is 6.16. The molecule has 0 spiro atoms. The molecule has 0 saturated carbocycles. The van der Waals surface area contributed by atoms with Crippen molar-refractivity contribution in [2.24, 2.45) is 0 Å². The Balaban J connectivity index is 2.74. The predicted molar refractivity (Wildman–Crippen MR) is 72.2 cm³/mol. The van der Waals surface area contributed by atoms with Crippen LogP contribution in [0.25, 0.3) is 0 Å². The molecule has 0 saturated heterocycles. The van der Waals surface area contributed by atoms with Gasteiger partial charge in [-0.15, -0.1) is 11.6 Å². The zero-order valence-corrected chi connectivity index (χ0v) is 12.4. The Morgan fingerprint density at radius 3 is 2.25 bits per heavy atom. The van der Waals surface area contributed by atoms with Gasteiger partial charge >= 0.3 is 6.18 Å². The average molecular weight is 311 g/mol. The van der Waals surface area contributed by atoms with E-state index in [1.54, 1.807) is 0 Å². The van der Waals surface area contributed by atoms with Gasteiger partial charge in [-0.3, -0.25) is 0 Å². The largest absolute Gasteiger partial charge is 0.491 e. The molecule has 0 atom stereocenters. The number of benzene rings is 1. The molecule has 0 amide bonds. The molecule has 20 heavy (non-hydrogen) atoms. The summed E-state index contributed by atoms with van der Waals surface area (Å²) in [4.78, 5) is 0. The second kappa shape index (κ2) is 6.68. The lowest BCUT2D eigenvalue weighted by molar-refractivity contribution is -0.139. The molecule has 2 nitrogen and oxygen atoms in total. The Labute approximate surface area is 121 Å². The van der Waals surface area contributed by atoms with Gasteiger partial charge in [0.05, 0.1) is 17.8 Å². The van der Waals surface area contributed by atoms with Crippen LogP contribution in [0, 0.1) is 0 Å². The maximum Gasteiger partial charge on any atom is 0.419 e. The van der Waals surface area contributed by atoms with Crippen molar-refractivity contribution in [3.8, 4) is 5.75 Å². The number of rotatable bonds is 5. The first-order chi connectivity index (χ1) is 9.13. The molecule has 0 bridgehead atoms. The van der Waals surface area contributed by atoms with Gasteiger partial charge in [0.1, 0.15) is 12.4 Å². The van der Waals surface area contributed by atoms with Crippen LogP contribution in [-0.2, 0) is 16.8 Å². The van der Waals surface area contributed by atoms with E-state index in [0.717, 1.165) is 6.07 Å². The van der Waals surface area contributed by atoms with Gasteiger partial charge in [-0.25, -0.2) is 0 Å². The first kappa shape index (κ1) is 17.1. The van der Waals surface area contributed by atoms with Gasteiger partial charge in [0.2, 0.25) is 0 Å². The van der Waals surface area contributed by atoms with Crippen molar-refractivity contribution >= 4 is 11.6 Å². The van der Waals surface area contributed by atoms with E-state index in [-0.39, 0.29) is 30.4 Å². The molecule has 0 N–H and O–H groups in total. The highest BCUT2D eigenvalue weighted by molar-refractivity contribution is 6.17. The van der Waals surface area contributed by atoms with E-state index in [9.17, 15) is 13.2 Å². The van der Waals surface area contributed by atoms with Gasteiger partial charge in [0.25, 0.3) is 0 Å². The number of halogens is 4. The van der Waals surface area contributed by atoms with Crippen LogP contribution in [0.4, 0.5) is 13.2 Å². The summed E-state index contributed by atoms with van der Waals surface area (Å²) in [6, 6.07) is 3.81. The molecule has 0 heterocycles. The Bertz CT molecular complexity index is 439. The average Bonchev–Trinajstić information content (AvgIpc) is 2.32. The molecule has 0 fully saturated rings. The fraction of sp³-hybridized carbons (Fsp3) is 0.571. The van der Waals surface area contributed by atoms with Crippen molar-refractivity contribution in [1.82, 2.24) is 0 Å². The highest BCUT2D eigenvalue weighted by Crippen LogP contribution is 2.37. The molecule has 1 aromatic rings. The minimum atomic E-state index is -4.47. The molecule has 0 aliphatic rings. The normalized spacial score (nSPS) is 12.6. The van der Waals surface area contributed by atoms with Crippen molar-refractivity contribution in [3.05, 3.63) is 29.3 Å². The fourth-order valence-electron chi connectivity index (χ4n) is 1.51. The Morgan fingerprint density at radius 1 is 1.10 bits per heavy atom. The lowest BCUT2D eigenvalue weighted by atomic mass is 10.1. The molecular formula is C14H18ClF3O2. The first-order valence-corrected chi connectivity index (χ1v) is 6.70. The monoisotopic (exact) mass is 310 g/mol. The summed E-state index contributed by atoms with van der Waals surface area (Å²) < 4.78 is 49.3.